The van der Waals surface area contributed by atoms with Gasteiger partial charge in [0.25, 0.3) is 0 Å². The molecule has 0 bridgehead atoms. The van der Waals surface area contributed by atoms with Gasteiger partial charge in [-0.2, -0.15) is 17.5 Å². The van der Waals surface area contributed by atoms with Crippen LogP contribution in [-0.4, -0.2) is 31.1 Å². The lowest BCUT2D eigenvalue weighted by Gasteiger charge is -2.26. The zero-order valence-electron chi connectivity index (χ0n) is 12.2. The number of carbonyl (C=O) groups is 1. The molecule has 4 nitrogen and oxygen atoms in total. The Bertz CT molecular complexity index is 700. The molecule has 0 radical (unpaired) electrons. The van der Waals surface area contributed by atoms with Crippen molar-refractivity contribution in [2.75, 3.05) is 0 Å². The van der Waals surface area contributed by atoms with Gasteiger partial charge in [-0.05, 0) is 49.4 Å². The fourth-order valence-electron chi connectivity index (χ4n) is 3.70. The fourth-order valence-corrected chi connectivity index (χ4v) is 5.55. The first-order valence-electron chi connectivity index (χ1n) is 7.41. The van der Waals surface area contributed by atoms with E-state index in [1.807, 2.05) is 0 Å². The molecular weight excluding hydrogens is 331 g/mol. The summed E-state index contributed by atoms with van der Waals surface area (Å²) in [6.07, 6.45) is -0.922. The molecule has 2 fully saturated rings. The first kappa shape index (κ1) is 16.4. The lowest BCUT2D eigenvalue weighted by atomic mass is 10.0. The van der Waals surface area contributed by atoms with Gasteiger partial charge in [0.15, 0.2) is 0 Å². The van der Waals surface area contributed by atoms with E-state index < -0.39 is 27.8 Å². The number of nitrogens with zero attached hydrogens (tertiary/aromatic N) is 1. The first-order valence-corrected chi connectivity index (χ1v) is 8.85. The topological polar surface area (TPSA) is 54.5 Å². The standard InChI is InChI=1S/C15H16F3NO3S/c16-15(17,18)11-4-6-13(7-5-11)23(21,22)19-12(9-20)8-10-2-1-3-14(10)19/h4-7,9-10,12,14H,1-3,8H2/t10-,12-,14-/m1/s1. The van der Waals surface area contributed by atoms with E-state index in [0.29, 0.717) is 19.1 Å². The number of rotatable bonds is 3. The van der Waals surface area contributed by atoms with Crippen LogP contribution in [0.3, 0.4) is 0 Å². The number of hydrogen-bond acceptors (Lipinski definition) is 3. The van der Waals surface area contributed by atoms with E-state index in [2.05, 4.69) is 0 Å². The quantitative estimate of drug-likeness (QED) is 0.790. The van der Waals surface area contributed by atoms with Crippen molar-refractivity contribution < 1.29 is 26.4 Å². The van der Waals surface area contributed by atoms with Gasteiger partial charge in [-0.3, -0.25) is 0 Å². The summed E-state index contributed by atoms with van der Waals surface area (Å²) in [5, 5.41) is 0. The molecule has 126 valence electrons. The van der Waals surface area contributed by atoms with E-state index in [9.17, 15) is 26.4 Å². The van der Waals surface area contributed by atoms with Crippen LogP contribution in [0.25, 0.3) is 0 Å². The summed E-state index contributed by atoms with van der Waals surface area (Å²) in [7, 11) is -3.98. The molecule has 0 unspecified atom stereocenters. The van der Waals surface area contributed by atoms with Crippen LogP contribution in [0.1, 0.15) is 31.2 Å². The van der Waals surface area contributed by atoms with Crippen molar-refractivity contribution in [1.29, 1.82) is 0 Å². The number of benzene rings is 1. The number of aldehydes is 1. The molecule has 1 saturated heterocycles. The van der Waals surface area contributed by atoms with E-state index in [-0.39, 0.29) is 16.9 Å². The van der Waals surface area contributed by atoms with Gasteiger partial charge < -0.3 is 4.79 Å². The molecular formula is C15H16F3NO3S. The summed E-state index contributed by atoms with van der Waals surface area (Å²) in [5.41, 5.74) is -0.899. The monoisotopic (exact) mass is 347 g/mol. The molecule has 2 aliphatic rings. The van der Waals surface area contributed by atoms with Crippen LogP contribution in [-0.2, 0) is 21.0 Å². The summed E-state index contributed by atoms with van der Waals surface area (Å²) >= 11 is 0. The second-order valence-electron chi connectivity index (χ2n) is 6.05. The largest absolute Gasteiger partial charge is 0.416 e. The molecule has 23 heavy (non-hydrogen) atoms. The molecule has 0 spiro atoms. The fraction of sp³-hybridized carbons (Fsp3) is 0.533. The maximum atomic E-state index is 12.8. The third-order valence-corrected chi connectivity index (χ3v) is 6.70. The van der Waals surface area contributed by atoms with Crippen LogP contribution < -0.4 is 0 Å². The molecule has 3 atom stereocenters. The molecule has 0 amide bonds. The van der Waals surface area contributed by atoms with E-state index in [4.69, 9.17) is 0 Å². The van der Waals surface area contributed by atoms with Crippen molar-refractivity contribution in [3.05, 3.63) is 29.8 Å². The highest BCUT2D eigenvalue weighted by atomic mass is 32.2. The molecule has 0 N–H and O–H groups in total. The Morgan fingerprint density at radius 2 is 1.78 bits per heavy atom. The van der Waals surface area contributed by atoms with Crippen molar-refractivity contribution in [3.8, 4) is 0 Å². The van der Waals surface area contributed by atoms with Gasteiger partial charge in [0.1, 0.15) is 6.29 Å². The van der Waals surface area contributed by atoms with Gasteiger partial charge in [-0.25, -0.2) is 8.42 Å². The Hall–Kier alpha value is -1.41. The first-order chi connectivity index (χ1) is 10.7. The van der Waals surface area contributed by atoms with Gasteiger partial charge in [0, 0.05) is 6.04 Å². The van der Waals surface area contributed by atoms with E-state index >= 15 is 0 Å². The summed E-state index contributed by atoms with van der Waals surface area (Å²) in [6, 6.07) is 2.48. The van der Waals surface area contributed by atoms with Crippen LogP contribution in [0.4, 0.5) is 13.2 Å². The molecule has 0 aromatic heterocycles. The van der Waals surface area contributed by atoms with Crippen LogP contribution in [0, 0.1) is 5.92 Å². The minimum absolute atomic E-state index is 0.162. The zero-order chi connectivity index (χ0) is 16.8. The number of carbonyl (C=O) groups excluding carboxylic acids is 1. The minimum atomic E-state index is -4.52. The number of hydrogen-bond donors (Lipinski definition) is 0. The highest BCUT2D eigenvalue weighted by molar-refractivity contribution is 7.89. The Balaban J connectivity index is 1.95. The minimum Gasteiger partial charge on any atom is -0.302 e. The summed E-state index contributed by atoms with van der Waals surface area (Å²) in [6.45, 7) is 0. The van der Waals surface area contributed by atoms with Gasteiger partial charge >= 0.3 is 6.18 Å². The summed E-state index contributed by atoms with van der Waals surface area (Å²) < 4.78 is 64.6. The molecule has 8 heteroatoms. The molecule has 1 aliphatic heterocycles. The predicted octanol–water partition coefficient (Wildman–Crippen LogP) is 2.84. The molecule has 1 heterocycles. The Labute approximate surface area is 132 Å². The van der Waals surface area contributed by atoms with E-state index in [1.165, 1.54) is 4.31 Å². The number of alkyl halides is 3. The van der Waals surface area contributed by atoms with E-state index in [1.54, 1.807) is 0 Å². The third-order valence-electron chi connectivity index (χ3n) is 4.73. The van der Waals surface area contributed by atoms with Crippen LogP contribution in [0.2, 0.25) is 0 Å². The van der Waals surface area contributed by atoms with Gasteiger partial charge in [0.05, 0.1) is 16.5 Å². The highest BCUT2D eigenvalue weighted by Gasteiger charge is 2.49. The third kappa shape index (κ3) is 2.78. The van der Waals surface area contributed by atoms with Crippen LogP contribution in [0.15, 0.2) is 29.2 Å². The smallest absolute Gasteiger partial charge is 0.302 e. The highest BCUT2D eigenvalue weighted by Crippen LogP contribution is 2.43. The zero-order valence-corrected chi connectivity index (χ0v) is 13.0. The second-order valence-corrected chi connectivity index (χ2v) is 7.90. The Kier molecular flexibility index (Phi) is 4.00. The van der Waals surface area contributed by atoms with Gasteiger partial charge in [-0.15, -0.1) is 0 Å². The molecule has 1 aromatic carbocycles. The lowest BCUT2D eigenvalue weighted by molar-refractivity contribution is -0.137. The van der Waals surface area contributed by atoms with Crippen molar-refractivity contribution in [2.45, 2.75) is 48.8 Å². The van der Waals surface area contributed by atoms with Crippen LogP contribution in [0.5, 0.6) is 0 Å². The number of halogens is 3. The maximum Gasteiger partial charge on any atom is 0.416 e. The average Bonchev–Trinajstić information content (AvgIpc) is 3.06. The van der Waals surface area contributed by atoms with Crippen molar-refractivity contribution in [2.24, 2.45) is 5.92 Å². The molecule has 3 rings (SSSR count). The van der Waals surface area contributed by atoms with Crippen molar-refractivity contribution in [1.82, 2.24) is 4.31 Å². The lowest BCUT2D eigenvalue weighted by Crippen LogP contribution is -2.41. The van der Waals surface area contributed by atoms with Gasteiger partial charge in [-0.1, -0.05) is 6.42 Å². The molecule has 1 aromatic rings. The summed E-state index contributed by atoms with van der Waals surface area (Å²) in [4.78, 5) is 11.1. The maximum absolute atomic E-state index is 12.8. The average molecular weight is 347 g/mol. The van der Waals surface area contributed by atoms with Crippen molar-refractivity contribution >= 4 is 16.3 Å². The normalized spacial score (nSPS) is 28.7. The Morgan fingerprint density at radius 3 is 2.35 bits per heavy atom. The van der Waals surface area contributed by atoms with Crippen LogP contribution >= 0.6 is 0 Å². The van der Waals surface area contributed by atoms with E-state index in [0.717, 1.165) is 37.1 Å². The number of fused-ring (bicyclic) bond motifs is 1. The number of sulfonamides is 1. The van der Waals surface area contributed by atoms with Crippen molar-refractivity contribution in [3.63, 3.8) is 0 Å². The second kappa shape index (κ2) is 5.59. The molecule has 1 saturated carbocycles. The SMILES string of the molecule is O=C[C@H]1C[C@H]2CCC[C@H]2N1S(=O)(=O)c1ccc(C(F)(F)F)cc1. The Morgan fingerprint density at radius 1 is 1.13 bits per heavy atom. The predicted molar refractivity (Wildman–Crippen MR) is 76.1 cm³/mol. The molecule has 1 aliphatic carbocycles. The summed E-state index contributed by atoms with van der Waals surface area (Å²) in [5.74, 6) is 0.162. The van der Waals surface area contributed by atoms with Gasteiger partial charge in [0.2, 0.25) is 10.0 Å².